The minimum atomic E-state index is -0.426. The summed E-state index contributed by atoms with van der Waals surface area (Å²) in [4.78, 5) is 27.6. The highest BCUT2D eigenvalue weighted by atomic mass is 16.2. The predicted octanol–water partition coefficient (Wildman–Crippen LogP) is -0.615. The number of aromatic amines is 1. The zero-order valence-corrected chi connectivity index (χ0v) is 9.56. The second-order valence-electron chi connectivity index (χ2n) is 4.94. The molecule has 6 heteroatoms. The van der Waals surface area contributed by atoms with Gasteiger partial charge >= 0.3 is 5.69 Å². The van der Waals surface area contributed by atoms with Gasteiger partial charge in [0.1, 0.15) is 5.82 Å². The van der Waals surface area contributed by atoms with Gasteiger partial charge < -0.3 is 10.6 Å². The molecule has 0 aromatic carbocycles. The van der Waals surface area contributed by atoms with Crippen LogP contribution >= 0.6 is 0 Å². The molecule has 6 nitrogen and oxygen atoms in total. The molecular formula is C11H16N4O2. The molecule has 0 radical (unpaired) electrons. The lowest BCUT2D eigenvalue weighted by Crippen LogP contribution is -2.51. The Balaban J connectivity index is 2.05. The molecule has 92 valence electrons. The second kappa shape index (κ2) is 3.73. The molecule has 2 bridgehead atoms. The number of nitrogens with two attached hydrogens (primary N) is 1. The van der Waals surface area contributed by atoms with E-state index >= 15 is 0 Å². The third-order valence-corrected chi connectivity index (χ3v) is 3.96. The second-order valence-corrected chi connectivity index (χ2v) is 4.94. The van der Waals surface area contributed by atoms with E-state index in [1.807, 2.05) is 0 Å². The standard InChI is InChI=1S/C11H16N4O2/c12-9-5-10(16)13-11(17)15(9)8-6-14-3-1-7(8)2-4-14/h5,7-8H,1-4,6,12H2,(H,13,16,17). The number of rotatable bonds is 1. The molecule has 3 fully saturated rings. The quantitative estimate of drug-likeness (QED) is 0.681. The summed E-state index contributed by atoms with van der Waals surface area (Å²) in [6, 6.07) is 1.40. The van der Waals surface area contributed by atoms with E-state index in [9.17, 15) is 9.59 Å². The molecule has 4 rings (SSSR count). The van der Waals surface area contributed by atoms with E-state index in [0.29, 0.717) is 5.92 Å². The number of hydrogen-bond acceptors (Lipinski definition) is 4. The van der Waals surface area contributed by atoms with Gasteiger partial charge in [0.25, 0.3) is 5.56 Å². The number of hydrogen-bond donors (Lipinski definition) is 2. The van der Waals surface area contributed by atoms with Crippen molar-refractivity contribution in [3.05, 3.63) is 26.9 Å². The summed E-state index contributed by atoms with van der Waals surface area (Å²) in [6.07, 6.45) is 2.21. The van der Waals surface area contributed by atoms with Gasteiger partial charge in [-0.25, -0.2) is 4.79 Å². The lowest BCUT2D eigenvalue weighted by atomic mass is 9.84. The van der Waals surface area contributed by atoms with Crippen LogP contribution in [0, 0.1) is 5.92 Å². The first-order chi connectivity index (χ1) is 8.15. The Morgan fingerprint density at radius 1 is 1.29 bits per heavy atom. The number of H-pyrrole nitrogens is 1. The predicted molar refractivity (Wildman–Crippen MR) is 63.9 cm³/mol. The maximum atomic E-state index is 11.8. The average molecular weight is 236 g/mol. The highest BCUT2D eigenvalue weighted by Crippen LogP contribution is 2.35. The molecule has 17 heavy (non-hydrogen) atoms. The summed E-state index contributed by atoms with van der Waals surface area (Å²) in [5.74, 6) is 0.781. The van der Waals surface area contributed by atoms with Crippen molar-refractivity contribution in [2.24, 2.45) is 5.92 Å². The van der Waals surface area contributed by atoms with Crippen molar-refractivity contribution in [2.45, 2.75) is 18.9 Å². The lowest BCUT2D eigenvalue weighted by Gasteiger charge is -2.45. The first-order valence-corrected chi connectivity index (χ1v) is 5.99. The minimum Gasteiger partial charge on any atom is -0.385 e. The molecule has 1 atom stereocenters. The van der Waals surface area contributed by atoms with Crippen LogP contribution in [0.3, 0.4) is 0 Å². The fraction of sp³-hybridized carbons (Fsp3) is 0.636. The van der Waals surface area contributed by atoms with Gasteiger partial charge in [-0.05, 0) is 31.8 Å². The SMILES string of the molecule is Nc1cc(=O)[nH]c(=O)n1C1CN2CCC1CC2. The summed E-state index contributed by atoms with van der Waals surface area (Å²) in [5, 5.41) is 0. The van der Waals surface area contributed by atoms with Gasteiger partial charge in [0.15, 0.2) is 0 Å². The fourth-order valence-electron chi connectivity index (χ4n) is 3.09. The minimum absolute atomic E-state index is 0.113. The maximum absolute atomic E-state index is 11.8. The summed E-state index contributed by atoms with van der Waals surface area (Å²) >= 11 is 0. The van der Waals surface area contributed by atoms with Crippen LogP contribution < -0.4 is 17.0 Å². The van der Waals surface area contributed by atoms with Crippen molar-refractivity contribution < 1.29 is 0 Å². The van der Waals surface area contributed by atoms with E-state index in [1.165, 1.54) is 6.07 Å². The van der Waals surface area contributed by atoms with Gasteiger partial charge in [-0.15, -0.1) is 0 Å². The van der Waals surface area contributed by atoms with Crippen molar-refractivity contribution in [2.75, 3.05) is 25.4 Å². The first kappa shape index (κ1) is 10.6. The Bertz CT molecular complexity index is 539. The Morgan fingerprint density at radius 2 is 2.00 bits per heavy atom. The molecule has 0 spiro atoms. The van der Waals surface area contributed by atoms with Gasteiger partial charge in [-0.2, -0.15) is 0 Å². The first-order valence-electron chi connectivity index (χ1n) is 5.99. The number of anilines is 1. The van der Waals surface area contributed by atoms with E-state index in [1.54, 1.807) is 4.57 Å². The molecule has 3 aliphatic heterocycles. The molecule has 3 aliphatic rings. The van der Waals surface area contributed by atoms with E-state index < -0.39 is 5.56 Å². The molecule has 3 saturated heterocycles. The van der Waals surface area contributed by atoms with Crippen LogP contribution in [0.25, 0.3) is 0 Å². The molecule has 0 saturated carbocycles. The monoisotopic (exact) mass is 236 g/mol. The van der Waals surface area contributed by atoms with Crippen LogP contribution in [0.15, 0.2) is 15.7 Å². The summed E-state index contributed by atoms with van der Waals surface area (Å²) in [7, 11) is 0. The highest BCUT2D eigenvalue weighted by Gasteiger charge is 2.36. The summed E-state index contributed by atoms with van der Waals surface area (Å²) in [5.41, 5.74) is 5.00. The zero-order chi connectivity index (χ0) is 12.0. The molecule has 4 heterocycles. The van der Waals surface area contributed by atoms with Crippen molar-refractivity contribution in [3.8, 4) is 0 Å². The normalized spacial score (nSPS) is 31.6. The third kappa shape index (κ3) is 1.68. The lowest BCUT2D eigenvalue weighted by molar-refractivity contribution is 0.0558. The number of piperidine rings is 3. The number of aromatic nitrogens is 2. The number of nitrogens with one attached hydrogen (secondary N) is 1. The molecule has 0 amide bonds. The molecule has 1 unspecified atom stereocenters. The fourth-order valence-corrected chi connectivity index (χ4v) is 3.09. The maximum Gasteiger partial charge on any atom is 0.330 e. The Labute approximate surface area is 98.0 Å². The van der Waals surface area contributed by atoms with E-state index in [4.69, 9.17) is 5.73 Å². The van der Waals surface area contributed by atoms with Crippen molar-refractivity contribution in [1.29, 1.82) is 0 Å². The van der Waals surface area contributed by atoms with E-state index in [0.717, 1.165) is 32.5 Å². The van der Waals surface area contributed by atoms with Gasteiger partial charge in [0.05, 0.1) is 6.04 Å². The van der Waals surface area contributed by atoms with Crippen molar-refractivity contribution >= 4 is 5.82 Å². The molecule has 0 aliphatic carbocycles. The number of nitrogens with zero attached hydrogens (tertiary/aromatic N) is 2. The highest BCUT2D eigenvalue weighted by molar-refractivity contribution is 5.27. The molecule has 3 N–H and O–H groups in total. The van der Waals surface area contributed by atoms with Gasteiger partial charge in [0.2, 0.25) is 0 Å². The molecule has 1 aromatic heterocycles. The van der Waals surface area contributed by atoms with Gasteiger partial charge in [0, 0.05) is 12.6 Å². The van der Waals surface area contributed by atoms with Crippen LogP contribution in [-0.2, 0) is 0 Å². The van der Waals surface area contributed by atoms with Crippen LogP contribution in [0.1, 0.15) is 18.9 Å². The van der Waals surface area contributed by atoms with E-state index in [-0.39, 0.29) is 17.5 Å². The van der Waals surface area contributed by atoms with E-state index in [2.05, 4.69) is 9.88 Å². The topological polar surface area (TPSA) is 84.1 Å². The molecule has 1 aromatic rings. The van der Waals surface area contributed by atoms with Crippen molar-refractivity contribution in [1.82, 2.24) is 14.5 Å². The van der Waals surface area contributed by atoms with Crippen LogP contribution in [0.4, 0.5) is 5.82 Å². The zero-order valence-electron chi connectivity index (χ0n) is 9.56. The Kier molecular flexibility index (Phi) is 2.32. The Hall–Kier alpha value is -1.56. The number of fused-ring (bicyclic) bond motifs is 3. The van der Waals surface area contributed by atoms with Crippen LogP contribution in [0.2, 0.25) is 0 Å². The summed E-state index contributed by atoms with van der Waals surface area (Å²) < 4.78 is 1.55. The third-order valence-electron chi connectivity index (χ3n) is 3.96. The van der Waals surface area contributed by atoms with Crippen molar-refractivity contribution in [3.63, 3.8) is 0 Å². The van der Waals surface area contributed by atoms with Gasteiger partial charge in [-0.3, -0.25) is 14.3 Å². The van der Waals surface area contributed by atoms with Crippen LogP contribution in [-0.4, -0.2) is 34.1 Å². The van der Waals surface area contributed by atoms with Crippen LogP contribution in [0.5, 0.6) is 0 Å². The smallest absolute Gasteiger partial charge is 0.330 e. The van der Waals surface area contributed by atoms with Gasteiger partial charge in [-0.1, -0.05) is 0 Å². The number of nitrogen functional groups attached to an aromatic ring is 1. The average Bonchev–Trinajstić information content (AvgIpc) is 2.29. The summed E-state index contributed by atoms with van der Waals surface area (Å²) in [6.45, 7) is 3.08. The molecular weight excluding hydrogens is 220 g/mol. The largest absolute Gasteiger partial charge is 0.385 e. The Morgan fingerprint density at radius 3 is 2.53 bits per heavy atom.